The Morgan fingerprint density at radius 3 is 2.95 bits per heavy atom. The van der Waals surface area contributed by atoms with E-state index in [0.29, 0.717) is 0 Å². The molecule has 0 radical (unpaired) electrons. The molecule has 2 N–H and O–H groups in total. The zero-order valence-corrected chi connectivity index (χ0v) is 12.1. The van der Waals surface area contributed by atoms with Crippen molar-refractivity contribution in [2.45, 2.75) is 13.0 Å². The Kier molecular flexibility index (Phi) is 3.58. The normalized spacial score (nSPS) is 15.3. The van der Waals surface area contributed by atoms with Gasteiger partial charge in [-0.3, -0.25) is 4.79 Å². The first-order valence-electron chi connectivity index (χ1n) is 6.98. The average Bonchev–Trinajstić information content (AvgIpc) is 2.53. The summed E-state index contributed by atoms with van der Waals surface area (Å²) in [4.78, 5) is 18.3. The molecule has 2 heterocycles. The standard InChI is InChI=1S/C16H18N4O/c1-11(17-2)12-7-8-18-15(9-12)20-10-16(21)19-13-5-3-4-6-14(13)20/h3-9,11,17H,10H2,1-2H3,(H,19,21). The van der Waals surface area contributed by atoms with Crippen molar-refractivity contribution in [3.8, 4) is 0 Å². The molecule has 1 unspecified atom stereocenters. The second kappa shape index (κ2) is 5.54. The quantitative estimate of drug-likeness (QED) is 0.908. The summed E-state index contributed by atoms with van der Waals surface area (Å²) < 4.78 is 0. The van der Waals surface area contributed by atoms with E-state index >= 15 is 0 Å². The van der Waals surface area contributed by atoms with Gasteiger partial charge in [-0.15, -0.1) is 0 Å². The number of hydrogen-bond acceptors (Lipinski definition) is 4. The van der Waals surface area contributed by atoms with Crippen molar-refractivity contribution < 1.29 is 4.79 Å². The summed E-state index contributed by atoms with van der Waals surface area (Å²) in [6.45, 7) is 2.37. The zero-order valence-electron chi connectivity index (χ0n) is 12.1. The summed E-state index contributed by atoms with van der Waals surface area (Å²) in [7, 11) is 1.93. The Balaban J connectivity index is 2.02. The van der Waals surface area contributed by atoms with Gasteiger partial charge in [0.2, 0.25) is 5.91 Å². The molecule has 1 aliphatic rings. The number of fused-ring (bicyclic) bond motifs is 1. The molecular formula is C16H18N4O. The number of nitrogens with zero attached hydrogens (tertiary/aromatic N) is 2. The number of rotatable bonds is 3. The van der Waals surface area contributed by atoms with Gasteiger partial charge in [-0.05, 0) is 43.8 Å². The lowest BCUT2D eigenvalue weighted by atomic mass is 10.1. The fourth-order valence-electron chi connectivity index (χ4n) is 2.46. The minimum absolute atomic E-state index is 0.0254. The van der Waals surface area contributed by atoms with Gasteiger partial charge in [-0.25, -0.2) is 4.98 Å². The van der Waals surface area contributed by atoms with Crippen LogP contribution < -0.4 is 15.5 Å². The lowest BCUT2D eigenvalue weighted by Crippen LogP contribution is -2.35. The number of carbonyl (C=O) groups is 1. The Bertz CT molecular complexity index is 671. The molecule has 5 nitrogen and oxygen atoms in total. The van der Waals surface area contributed by atoms with Crippen molar-refractivity contribution in [1.82, 2.24) is 10.3 Å². The van der Waals surface area contributed by atoms with Crippen molar-refractivity contribution in [3.63, 3.8) is 0 Å². The molecule has 0 fully saturated rings. The highest BCUT2D eigenvalue weighted by Crippen LogP contribution is 2.34. The summed E-state index contributed by atoms with van der Waals surface area (Å²) in [6, 6.07) is 12.0. The number of amides is 1. The number of nitrogens with one attached hydrogen (secondary N) is 2. The summed E-state index contributed by atoms with van der Waals surface area (Å²) in [5, 5.41) is 6.10. The van der Waals surface area contributed by atoms with E-state index in [1.807, 2.05) is 48.3 Å². The van der Waals surface area contributed by atoms with E-state index < -0.39 is 0 Å². The van der Waals surface area contributed by atoms with Crippen LogP contribution in [-0.4, -0.2) is 24.5 Å². The first-order chi connectivity index (χ1) is 10.2. The highest BCUT2D eigenvalue weighted by atomic mass is 16.2. The molecule has 1 atom stereocenters. The second-order valence-corrected chi connectivity index (χ2v) is 5.11. The predicted octanol–water partition coefficient (Wildman–Crippen LogP) is 2.45. The van der Waals surface area contributed by atoms with Gasteiger partial charge in [-0.1, -0.05) is 12.1 Å². The van der Waals surface area contributed by atoms with Crippen LogP contribution in [0, 0.1) is 0 Å². The number of carbonyl (C=O) groups excluding carboxylic acids is 1. The van der Waals surface area contributed by atoms with Crippen LogP contribution in [0.1, 0.15) is 18.5 Å². The van der Waals surface area contributed by atoms with Gasteiger partial charge in [0.15, 0.2) is 0 Å². The maximum atomic E-state index is 11.9. The summed E-state index contributed by atoms with van der Waals surface area (Å²) in [6.07, 6.45) is 1.79. The molecule has 1 aromatic heterocycles. The number of hydrogen-bond donors (Lipinski definition) is 2. The first-order valence-corrected chi connectivity index (χ1v) is 6.98. The zero-order chi connectivity index (χ0) is 14.8. The molecule has 0 spiro atoms. The minimum atomic E-state index is -0.0254. The summed E-state index contributed by atoms with van der Waals surface area (Å²) in [5.74, 6) is 0.763. The third-order valence-electron chi connectivity index (χ3n) is 3.75. The average molecular weight is 282 g/mol. The lowest BCUT2D eigenvalue weighted by molar-refractivity contribution is -0.115. The molecule has 0 saturated carbocycles. The second-order valence-electron chi connectivity index (χ2n) is 5.11. The van der Waals surface area contributed by atoms with Gasteiger partial charge in [0.25, 0.3) is 0 Å². The molecule has 1 aliphatic heterocycles. The Hall–Kier alpha value is -2.40. The molecule has 0 aliphatic carbocycles. The Morgan fingerprint density at radius 1 is 1.33 bits per heavy atom. The topological polar surface area (TPSA) is 57.3 Å². The van der Waals surface area contributed by atoms with Crippen molar-refractivity contribution in [2.75, 3.05) is 23.8 Å². The van der Waals surface area contributed by atoms with Crippen LogP contribution in [-0.2, 0) is 4.79 Å². The maximum absolute atomic E-state index is 11.9. The molecule has 0 saturated heterocycles. The van der Waals surface area contributed by atoms with Crippen LogP contribution >= 0.6 is 0 Å². The predicted molar refractivity (Wildman–Crippen MR) is 83.8 cm³/mol. The maximum Gasteiger partial charge on any atom is 0.244 e. The number of aromatic nitrogens is 1. The van der Waals surface area contributed by atoms with Crippen LogP contribution in [0.15, 0.2) is 42.6 Å². The number of anilines is 3. The third kappa shape index (κ3) is 2.60. The molecular weight excluding hydrogens is 264 g/mol. The van der Waals surface area contributed by atoms with Crippen molar-refractivity contribution in [2.24, 2.45) is 0 Å². The van der Waals surface area contributed by atoms with Crippen LogP contribution in [0.25, 0.3) is 0 Å². The fourth-order valence-corrected chi connectivity index (χ4v) is 2.46. The molecule has 1 amide bonds. The van der Waals surface area contributed by atoms with Crippen molar-refractivity contribution in [3.05, 3.63) is 48.2 Å². The fraction of sp³-hybridized carbons (Fsp3) is 0.250. The van der Waals surface area contributed by atoms with Crippen molar-refractivity contribution >= 4 is 23.1 Å². The van der Waals surface area contributed by atoms with Gasteiger partial charge in [0.1, 0.15) is 12.4 Å². The first kappa shape index (κ1) is 13.6. The van der Waals surface area contributed by atoms with Crippen LogP contribution in [0.4, 0.5) is 17.2 Å². The minimum Gasteiger partial charge on any atom is -0.323 e. The molecule has 108 valence electrons. The molecule has 0 bridgehead atoms. The molecule has 21 heavy (non-hydrogen) atoms. The van der Waals surface area contributed by atoms with Gasteiger partial charge in [0, 0.05) is 12.2 Å². The van der Waals surface area contributed by atoms with Gasteiger partial charge >= 0.3 is 0 Å². The van der Waals surface area contributed by atoms with Crippen molar-refractivity contribution in [1.29, 1.82) is 0 Å². The SMILES string of the molecule is CNC(C)c1ccnc(N2CC(=O)Nc3ccccc32)c1. The molecule has 5 heteroatoms. The highest BCUT2D eigenvalue weighted by molar-refractivity contribution is 6.02. The monoisotopic (exact) mass is 282 g/mol. The lowest BCUT2D eigenvalue weighted by Gasteiger charge is -2.30. The van der Waals surface area contributed by atoms with E-state index in [1.54, 1.807) is 6.20 Å². The van der Waals surface area contributed by atoms with Gasteiger partial charge in [-0.2, -0.15) is 0 Å². The number of benzene rings is 1. The van der Waals surface area contributed by atoms with Gasteiger partial charge in [0.05, 0.1) is 11.4 Å². The van der Waals surface area contributed by atoms with Gasteiger partial charge < -0.3 is 15.5 Å². The number of pyridine rings is 1. The van der Waals surface area contributed by atoms with E-state index in [0.717, 1.165) is 22.8 Å². The smallest absolute Gasteiger partial charge is 0.244 e. The largest absolute Gasteiger partial charge is 0.323 e. The van der Waals surface area contributed by atoms with E-state index in [4.69, 9.17) is 0 Å². The highest BCUT2D eigenvalue weighted by Gasteiger charge is 2.23. The van der Waals surface area contributed by atoms with Crippen LogP contribution in [0.2, 0.25) is 0 Å². The molecule has 1 aromatic carbocycles. The Labute approximate surface area is 124 Å². The van der Waals surface area contributed by atoms with Crippen LogP contribution in [0.3, 0.4) is 0 Å². The van der Waals surface area contributed by atoms with Crippen LogP contribution in [0.5, 0.6) is 0 Å². The Morgan fingerprint density at radius 2 is 2.14 bits per heavy atom. The van der Waals surface area contributed by atoms with E-state index in [2.05, 4.69) is 22.5 Å². The summed E-state index contributed by atoms with van der Waals surface area (Å²) >= 11 is 0. The van der Waals surface area contributed by atoms with E-state index in [1.165, 1.54) is 0 Å². The molecule has 3 rings (SSSR count). The summed E-state index contributed by atoms with van der Waals surface area (Å²) in [5.41, 5.74) is 2.94. The molecule has 2 aromatic rings. The van der Waals surface area contributed by atoms with E-state index in [9.17, 15) is 4.79 Å². The van der Waals surface area contributed by atoms with E-state index in [-0.39, 0.29) is 18.5 Å². The third-order valence-corrected chi connectivity index (χ3v) is 3.75. The number of para-hydroxylation sites is 2.